The molecule has 2 heterocycles. The minimum absolute atomic E-state index is 0.210. The highest BCUT2D eigenvalue weighted by molar-refractivity contribution is 7.89. The summed E-state index contributed by atoms with van der Waals surface area (Å²) in [5.74, 6) is 1.03. The Labute approximate surface area is 119 Å². The van der Waals surface area contributed by atoms with Crippen molar-refractivity contribution < 1.29 is 12.8 Å². The first kappa shape index (κ1) is 15.5. The van der Waals surface area contributed by atoms with Gasteiger partial charge in [0.2, 0.25) is 0 Å². The fourth-order valence-corrected chi connectivity index (χ4v) is 3.50. The molecule has 2 rings (SSSR count). The van der Waals surface area contributed by atoms with Gasteiger partial charge in [-0.1, -0.05) is 0 Å². The molecule has 114 valence electrons. The van der Waals surface area contributed by atoms with Gasteiger partial charge in [-0.3, -0.25) is 0 Å². The van der Waals surface area contributed by atoms with Crippen LogP contribution in [0.15, 0.2) is 15.4 Å². The van der Waals surface area contributed by atoms with Crippen molar-refractivity contribution in [3.63, 3.8) is 0 Å². The van der Waals surface area contributed by atoms with Crippen molar-refractivity contribution in [2.45, 2.75) is 18.4 Å². The normalized spacial score (nSPS) is 18.6. The van der Waals surface area contributed by atoms with Gasteiger partial charge < -0.3 is 14.6 Å². The molecule has 0 atom stereocenters. The Morgan fingerprint density at radius 1 is 1.30 bits per heavy atom. The molecule has 1 aliphatic rings. The van der Waals surface area contributed by atoms with Crippen LogP contribution in [0.2, 0.25) is 0 Å². The minimum atomic E-state index is -3.57. The third-order valence-electron chi connectivity index (χ3n) is 3.32. The highest BCUT2D eigenvalue weighted by atomic mass is 32.2. The first-order chi connectivity index (χ1) is 9.42. The monoisotopic (exact) mass is 302 g/mol. The van der Waals surface area contributed by atoms with E-state index in [1.54, 1.807) is 25.0 Å². The summed E-state index contributed by atoms with van der Waals surface area (Å²) in [5.41, 5.74) is 0. The number of likely N-dealkylation sites (N-methyl/N-ethyl adjacent to an activating group) is 1. The van der Waals surface area contributed by atoms with Crippen LogP contribution in [0.1, 0.15) is 11.5 Å². The number of rotatable bonds is 5. The van der Waals surface area contributed by atoms with Gasteiger partial charge >= 0.3 is 0 Å². The van der Waals surface area contributed by atoms with E-state index in [1.807, 2.05) is 7.05 Å². The molecule has 1 aromatic rings. The number of nitrogens with one attached hydrogen (secondary N) is 2. The molecule has 0 aliphatic carbocycles. The predicted octanol–water partition coefficient (Wildman–Crippen LogP) is -0.252. The summed E-state index contributed by atoms with van der Waals surface area (Å²) in [6.07, 6.45) is 0. The van der Waals surface area contributed by atoms with Crippen LogP contribution in [0.4, 0.5) is 0 Å². The van der Waals surface area contributed by atoms with E-state index in [9.17, 15) is 8.42 Å². The van der Waals surface area contributed by atoms with Gasteiger partial charge in [-0.2, -0.15) is 0 Å². The molecular formula is C12H22N4O3S. The molecule has 0 amide bonds. The lowest BCUT2D eigenvalue weighted by molar-refractivity contribution is 0.134. The fraction of sp³-hybridized carbons (Fsp3) is 0.667. The first-order valence-electron chi connectivity index (χ1n) is 6.62. The van der Waals surface area contributed by atoms with Crippen molar-refractivity contribution >= 4 is 10.0 Å². The Bertz CT molecular complexity index is 547. The van der Waals surface area contributed by atoms with Gasteiger partial charge in [0.15, 0.2) is 0 Å². The summed E-state index contributed by atoms with van der Waals surface area (Å²) in [6.45, 7) is 5.21. The van der Waals surface area contributed by atoms with Gasteiger partial charge in [-0.15, -0.1) is 4.83 Å². The summed E-state index contributed by atoms with van der Waals surface area (Å²) in [7, 11) is 0.240. The molecule has 0 aromatic carbocycles. The fourth-order valence-electron chi connectivity index (χ4n) is 2.17. The number of piperazine rings is 1. The summed E-state index contributed by atoms with van der Waals surface area (Å²) >= 11 is 0. The van der Waals surface area contributed by atoms with Crippen LogP contribution in [0.5, 0.6) is 0 Å². The highest BCUT2D eigenvalue weighted by Gasteiger charge is 2.25. The van der Waals surface area contributed by atoms with Crippen LogP contribution < -0.4 is 10.1 Å². The van der Waals surface area contributed by atoms with Gasteiger partial charge in [0.1, 0.15) is 16.4 Å². The predicted molar refractivity (Wildman–Crippen MR) is 75.6 cm³/mol. The first-order valence-corrected chi connectivity index (χ1v) is 8.10. The maximum Gasteiger partial charge on any atom is 0.256 e. The van der Waals surface area contributed by atoms with Gasteiger partial charge in [-0.05, 0) is 21.0 Å². The van der Waals surface area contributed by atoms with Crippen molar-refractivity contribution in [1.82, 2.24) is 20.1 Å². The summed E-state index contributed by atoms with van der Waals surface area (Å²) in [4.78, 5) is 5.00. The van der Waals surface area contributed by atoms with Crippen molar-refractivity contribution in [2.24, 2.45) is 0 Å². The number of hydrazine groups is 1. The Morgan fingerprint density at radius 3 is 2.55 bits per heavy atom. The molecule has 8 heteroatoms. The van der Waals surface area contributed by atoms with E-state index in [0.717, 1.165) is 13.1 Å². The van der Waals surface area contributed by atoms with Crippen LogP contribution in [-0.4, -0.2) is 58.6 Å². The summed E-state index contributed by atoms with van der Waals surface area (Å²) in [5, 5.41) is 4.67. The van der Waals surface area contributed by atoms with Crippen LogP contribution in [0, 0.1) is 6.92 Å². The third-order valence-corrected chi connectivity index (χ3v) is 4.80. The molecule has 1 saturated heterocycles. The van der Waals surface area contributed by atoms with E-state index >= 15 is 0 Å². The number of hydrogen-bond donors (Lipinski definition) is 2. The van der Waals surface area contributed by atoms with Crippen LogP contribution in [-0.2, 0) is 16.6 Å². The molecular weight excluding hydrogens is 280 g/mol. The summed E-state index contributed by atoms with van der Waals surface area (Å²) < 4.78 is 30.2. The van der Waals surface area contributed by atoms with Crippen molar-refractivity contribution in [3.8, 4) is 0 Å². The Morgan fingerprint density at radius 2 is 1.95 bits per heavy atom. The third kappa shape index (κ3) is 3.58. The van der Waals surface area contributed by atoms with Gasteiger partial charge in [0.25, 0.3) is 10.0 Å². The number of aryl methyl sites for hydroxylation is 1. The summed E-state index contributed by atoms with van der Waals surface area (Å²) in [6, 6.07) is 1.57. The van der Waals surface area contributed by atoms with E-state index in [-0.39, 0.29) is 4.90 Å². The maximum absolute atomic E-state index is 12.4. The lowest BCUT2D eigenvalue weighted by Crippen LogP contribution is -2.52. The lowest BCUT2D eigenvalue weighted by atomic mass is 10.4. The zero-order valence-corrected chi connectivity index (χ0v) is 13.0. The van der Waals surface area contributed by atoms with E-state index in [1.165, 1.54) is 0 Å². The standard InChI is InChI=1S/C12H22N4O3S/c1-10-12(8-11(19-10)9-13-2)20(17,18)14-16-6-4-15(3)5-7-16/h8,13-14H,4-7,9H2,1-3H3. The molecule has 20 heavy (non-hydrogen) atoms. The molecule has 1 aliphatic heterocycles. The number of sulfonamides is 1. The Balaban J connectivity index is 2.10. The molecule has 0 bridgehead atoms. The molecule has 1 fully saturated rings. The molecule has 2 N–H and O–H groups in total. The molecule has 0 saturated carbocycles. The number of nitrogens with zero attached hydrogens (tertiary/aromatic N) is 2. The van der Waals surface area contributed by atoms with E-state index in [2.05, 4.69) is 15.0 Å². The van der Waals surface area contributed by atoms with Crippen LogP contribution in [0.25, 0.3) is 0 Å². The van der Waals surface area contributed by atoms with Gasteiger partial charge in [0.05, 0.1) is 6.54 Å². The SMILES string of the molecule is CNCc1cc(S(=O)(=O)NN2CCN(C)CC2)c(C)o1. The van der Waals surface area contributed by atoms with Gasteiger partial charge in [-0.25, -0.2) is 13.4 Å². The Kier molecular flexibility index (Phi) is 4.82. The average Bonchev–Trinajstić information content (AvgIpc) is 2.74. The smallest absolute Gasteiger partial charge is 0.256 e. The largest absolute Gasteiger partial charge is 0.464 e. The van der Waals surface area contributed by atoms with Crippen LogP contribution in [0.3, 0.4) is 0 Å². The number of hydrogen-bond acceptors (Lipinski definition) is 6. The molecule has 0 spiro atoms. The van der Waals surface area contributed by atoms with E-state index in [4.69, 9.17) is 4.42 Å². The number of furan rings is 1. The van der Waals surface area contributed by atoms with E-state index < -0.39 is 10.0 Å². The molecule has 1 aromatic heterocycles. The molecule has 0 unspecified atom stereocenters. The van der Waals surface area contributed by atoms with Crippen molar-refractivity contribution in [1.29, 1.82) is 0 Å². The Hall–Kier alpha value is -0.930. The lowest BCUT2D eigenvalue weighted by Gasteiger charge is -2.31. The molecule has 0 radical (unpaired) electrons. The average molecular weight is 302 g/mol. The maximum atomic E-state index is 12.4. The van der Waals surface area contributed by atoms with Crippen molar-refractivity contribution in [3.05, 3.63) is 17.6 Å². The molecule has 7 nitrogen and oxygen atoms in total. The zero-order chi connectivity index (χ0) is 14.8. The van der Waals surface area contributed by atoms with Crippen molar-refractivity contribution in [2.75, 3.05) is 40.3 Å². The second-order valence-electron chi connectivity index (χ2n) is 5.05. The van der Waals surface area contributed by atoms with Gasteiger partial charge in [0, 0.05) is 32.2 Å². The highest BCUT2D eigenvalue weighted by Crippen LogP contribution is 2.20. The second kappa shape index (κ2) is 6.23. The minimum Gasteiger partial charge on any atom is -0.464 e. The van der Waals surface area contributed by atoms with E-state index in [0.29, 0.717) is 31.2 Å². The zero-order valence-electron chi connectivity index (χ0n) is 12.1. The van der Waals surface area contributed by atoms with Crippen LogP contribution >= 0.6 is 0 Å². The topological polar surface area (TPSA) is 77.8 Å². The second-order valence-corrected chi connectivity index (χ2v) is 6.68. The quantitative estimate of drug-likeness (QED) is 0.781.